The fourth-order valence-electron chi connectivity index (χ4n) is 2.95. The number of aliphatic imine (C=N–C) groups is 1. The summed E-state index contributed by atoms with van der Waals surface area (Å²) in [5.74, 6) is 0. The predicted octanol–water partition coefficient (Wildman–Crippen LogP) is 8.69. The van der Waals surface area contributed by atoms with Gasteiger partial charge in [-0.3, -0.25) is 4.99 Å². The summed E-state index contributed by atoms with van der Waals surface area (Å²) in [4.78, 5) is 4.08. The van der Waals surface area contributed by atoms with Crippen molar-refractivity contribution in [3.63, 3.8) is 0 Å². The number of hydrogen-bond acceptors (Lipinski definition) is 2. The third-order valence-corrected chi connectivity index (χ3v) is 5.62. The van der Waals surface area contributed by atoms with Crippen LogP contribution in [-0.4, -0.2) is 12.8 Å². The number of aryl methyl sites for hydroxylation is 2. The highest BCUT2D eigenvalue weighted by atomic mass is 19.1. The molecule has 0 saturated heterocycles. The SMILES string of the molecule is C=C(C)Nc1ccc(CCc2ccc(C(C)(C)F)cc2)cc1.CN=C(C)/C=C(\C)C(C)(C)C. The van der Waals surface area contributed by atoms with Gasteiger partial charge in [0, 0.05) is 24.1 Å². The van der Waals surface area contributed by atoms with E-state index in [0.29, 0.717) is 0 Å². The topological polar surface area (TPSA) is 24.4 Å². The van der Waals surface area contributed by atoms with E-state index < -0.39 is 5.67 Å². The fraction of sp³-hybridized carbons (Fsp3) is 0.433. The van der Waals surface area contributed by atoms with Gasteiger partial charge >= 0.3 is 0 Å². The molecule has 0 atom stereocenters. The summed E-state index contributed by atoms with van der Waals surface area (Å²) in [6.45, 7) is 19.7. The van der Waals surface area contributed by atoms with Crippen LogP contribution in [0.25, 0.3) is 0 Å². The van der Waals surface area contributed by atoms with Crippen LogP contribution in [0.15, 0.2) is 77.4 Å². The van der Waals surface area contributed by atoms with Crippen molar-refractivity contribution in [2.24, 2.45) is 10.4 Å². The number of nitrogens with zero attached hydrogens (tertiary/aromatic N) is 1. The van der Waals surface area contributed by atoms with Gasteiger partial charge in [-0.25, -0.2) is 4.39 Å². The molecule has 2 nitrogen and oxygen atoms in total. The lowest BCUT2D eigenvalue weighted by atomic mass is 9.87. The summed E-state index contributed by atoms with van der Waals surface area (Å²) in [7, 11) is 1.82. The van der Waals surface area contributed by atoms with Crippen LogP contribution in [0.2, 0.25) is 0 Å². The number of hydrogen-bond donors (Lipinski definition) is 1. The third-order valence-electron chi connectivity index (χ3n) is 5.62. The van der Waals surface area contributed by atoms with E-state index in [1.807, 2.05) is 45.2 Å². The Balaban J connectivity index is 0.000000420. The second-order valence-corrected chi connectivity index (χ2v) is 10.2. The molecule has 0 aromatic heterocycles. The molecule has 0 aliphatic heterocycles. The number of alkyl halides is 1. The first-order valence-corrected chi connectivity index (χ1v) is 11.6. The molecule has 1 N–H and O–H groups in total. The monoisotopic (exact) mass is 450 g/mol. The van der Waals surface area contributed by atoms with Gasteiger partial charge in [-0.15, -0.1) is 0 Å². The maximum Gasteiger partial charge on any atom is 0.130 e. The van der Waals surface area contributed by atoms with Crippen LogP contribution in [0.1, 0.15) is 72.1 Å². The molecule has 0 aliphatic rings. The highest BCUT2D eigenvalue weighted by molar-refractivity contribution is 5.93. The Morgan fingerprint density at radius 1 is 0.879 bits per heavy atom. The van der Waals surface area contributed by atoms with Crippen LogP contribution >= 0.6 is 0 Å². The van der Waals surface area contributed by atoms with Gasteiger partial charge in [0.1, 0.15) is 5.67 Å². The van der Waals surface area contributed by atoms with Crippen LogP contribution in [0.4, 0.5) is 10.1 Å². The van der Waals surface area contributed by atoms with Gasteiger partial charge in [-0.2, -0.15) is 0 Å². The van der Waals surface area contributed by atoms with E-state index in [-0.39, 0.29) is 5.41 Å². The first-order chi connectivity index (χ1) is 15.2. The molecule has 33 heavy (non-hydrogen) atoms. The van der Waals surface area contributed by atoms with Crippen LogP contribution in [0, 0.1) is 5.41 Å². The minimum Gasteiger partial charge on any atom is -0.360 e. The number of rotatable bonds is 7. The molecule has 3 heteroatoms. The molecule has 2 aromatic carbocycles. The van der Waals surface area contributed by atoms with Crippen molar-refractivity contribution in [3.05, 3.63) is 89.1 Å². The predicted molar refractivity (Wildman–Crippen MR) is 145 cm³/mol. The minimum atomic E-state index is -1.27. The third kappa shape index (κ3) is 11.1. The maximum atomic E-state index is 13.8. The van der Waals surface area contributed by atoms with Crippen LogP contribution < -0.4 is 5.32 Å². The molecule has 2 rings (SSSR count). The van der Waals surface area contributed by atoms with Crippen molar-refractivity contribution in [3.8, 4) is 0 Å². The molecular formula is C30H43FN2. The van der Waals surface area contributed by atoms with Crippen LogP contribution in [0.5, 0.6) is 0 Å². The fourth-order valence-corrected chi connectivity index (χ4v) is 2.95. The van der Waals surface area contributed by atoms with E-state index in [4.69, 9.17) is 0 Å². The van der Waals surface area contributed by atoms with Crippen molar-refractivity contribution in [1.82, 2.24) is 0 Å². The van der Waals surface area contributed by atoms with Crippen molar-refractivity contribution >= 4 is 11.4 Å². The molecular weight excluding hydrogens is 407 g/mol. The first kappa shape index (κ1) is 28.4. The zero-order valence-corrected chi connectivity index (χ0v) is 22.1. The van der Waals surface area contributed by atoms with Gasteiger partial charge in [-0.05, 0) is 87.8 Å². The molecule has 0 spiro atoms. The van der Waals surface area contributed by atoms with Crippen molar-refractivity contribution in [2.75, 3.05) is 12.4 Å². The Bertz CT molecular complexity index is 935. The minimum absolute atomic E-state index is 0.270. The Hall–Kier alpha value is -2.68. The van der Waals surface area contributed by atoms with E-state index in [2.05, 4.69) is 74.9 Å². The molecule has 0 amide bonds. The molecule has 0 saturated carbocycles. The van der Waals surface area contributed by atoms with Gasteiger partial charge in [0.25, 0.3) is 0 Å². The first-order valence-electron chi connectivity index (χ1n) is 11.6. The highest BCUT2D eigenvalue weighted by Gasteiger charge is 2.17. The van der Waals surface area contributed by atoms with E-state index in [1.165, 1.54) is 16.7 Å². The number of halogens is 1. The summed E-state index contributed by atoms with van der Waals surface area (Å²) in [6, 6.07) is 16.2. The lowest BCUT2D eigenvalue weighted by Gasteiger charge is -2.19. The highest BCUT2D eigenvalue weighted by Crippen LogP contribution is 2.25. The van der Waals surface area contributed by atoms with E-state index >= 15 is 0 Å². The molecule has 0 unspecified atom stereocenters. The number of nitrogens with one attached hydrogen (secondary N) is 1. The zero-order valence-electron chi connectivity index (χ0n) is 22.1. The molecule has 0 bridgehead atoms. The lowest BCUT2D eigenvalue weighted by molar-refractivity contribution is 0.221. The van der Waals surface area contributed by atoms with Crippen molar-refractivity contribution in [1.29, 1.82) is 0 Å². The Labute approximate surface area is 201 Å². The van der Waals surface area contributed by atoms with Gasteiger partial charge in [0.2, 0.25) is 0 Å². The number of anilines is 1. The van der Waals surface area contributed by atoms with Crippen molar-refractivity contribution < 1.29 is 4.39 Å². The molecule has 0 fully saturated rings. The van der Waals surface area contributed by atoms with Crippen LogP contribution in [-0.2, 0) is 18.5 Å². The zero-order chi connectivity index (χ0) is 25.2. The maximum absolute atomic E-state index is 13.8. The molecule has 2 aromatic rings. The van der Waals surface area contributed by atoms with Gasteiger partial charge in [0.05, 0.1) is 0 Å². The average Bonchev–Trinajstić information content (AvgIpc) is 2.72. The largest absolute Gasteiger partial charge is 0.360 e. The second-order valence-electron chi connectivity index (χ2n) is 10.2. The summed E-state index contributed by atoms with van der Waals surface area (Å²) >= 11 is 0. The number of benzene rings is 2. The standard InChI is InChI=1S/C20H24FN.C10H19N/c1-15(2)22-19-13-9-17(10-14-19)6-5-16-7-11-18(12-8-16)20(3,4)21;1-8(10(3,4)5)7-9(2)11-6/h7-14,22H,1,5-6H2,2-4H3;7H,1-6H3/b;8-7+,11-9?. The normalized spacial score (nSPS) is 12.7. The van der Waals surface area contributed by atoms with Gasteiger partial charge < -0.3 is 5.32 Å². The Morgan fingerprint density at radius 3 is 1.70 bits per heavy atom. The van der Waals surface area contributed by atoms with E-state index in [9.17, 15) is 4.39 Å². The second kappa shape index (κ2) is 12.5. The summed E-state index contributed by atoms with van der Waals surface area (Å²) in [5, 5.41) is 3.20. The lowest BCUT2D eigenvalue weighted by Crippen LogP contribution is -2.08. The average molecular weight is 451 g/mol. The van der Waals surface area contributed by atoms with E-state index in [1.54, 1.807) is 13.8 Å². The van der Waals surface area contributed by atoms with Crippen LogP contribution in [0.3, 0.4) is 0 Å². The molecule has 0 radical (unpaired) electrons. The van der Waals surface area contributed by atoms with E-state index in [0.717, 1.165) is 35.5 Å². The van der Waals surface area contributed by atoms with Gasteiger partial charge in [-0.1, -0.05) is 69.3 Å². The molecule has 180 valence electrons. The summed E-state index contributed by atoms with van der Waals surface area (Å²) < 4.78 is 13.8. The molecule has 0 aliphatic carbocycles. The van der Waals surface area contributed by atoms with Crippen molar-refractivity contribution in [2.45, 2.75) is 73.9 Å². The summed E-state index contributed by atoms with van der Waals surface area (Å²) in [6.07, 6.45) is 4.08. The quantitative estimate of drug-likeness (QED) is 0.419. The smallest absolute Gasteiger partial charge is 0.130 e. The number of allylic oxidation sites excluding steroid dienone is 3. The Kier molecular flexibility index (Phi) is 10.8. The summed E-state index contributed by atoms with van der Waals surface area (Å²) in [5.41, 5.74) is 6.72. The Morgan fingerprint density at radius 2 is 1.33 bits per heavy atom. The van der Waals surface area contributed by atoms with Gasteiger partial charge in [0.15, 0.2) is 0 Å². The molecule has 0 heterocycles.